The van der Waals surface area contributed by atoms with Gasteiger partial charge < -0.3 is 4.57 Å². The maximum atomic E-state index is 12.9. The minimum atomic E-state index is -0.107. The number of hydrogen-bond acceptors (Lipinski definition) is 3. The van der Waals surface area contributed by atoms with Crippen LogP contribution in [0.2, 0.25) is 0 Å². The zero-order chi connectivity index (χ0) is 19.0. The highest BCUT2D eigenvalue weighted by Gasteiger charge is 2.29. The fourth-order valence-corrected chi connectivity index (χ4v) is 3.40. The molecule has 0 saturated heterocycles. The van der Waals surface area contributed by atoms with Crippen LogP contribution in [0.5, 0.6) is 0 Å². The van der Waals surface area contributed by atoms with Crippen molar-refractivity contribution in [1.82, 2.24) is 9.55 Å². The van der Waals surface area contributed by atoms with Gasteiger partial charge in [-0.2, -0.15) is 10.1 Å². The predicted molar refractivity (Wildman–Crippen MR) is 108 cm³/mol. The lowest BCUT2D eigenvalue weighted by Crippen LogP contribution is -2.21. The van der Waals surface area contributed by atoms with E-state index in [4.69, 9.17) is 0 Å². The number of aryl methyl sites for hydroxylation is 1. The van der Waals surface area contributed by atoms with E-state index in [0.717, 1.165) is 34.0 Å². The van der Waals surface area contributed by atoms with Gasteiger partial charge in [0, 0.05) is 17.6 Å². The molecular weight excluding hydrogens is 336 g/mol. The van der Waals surface area contributed by atoms with Crippen molar-refractivity contribution in [3.63, 3.8) is 0 Å². The monoisotopic (exact) mass is 356 g/mol. The van der Waals surface area contributed by atoms with Gasteiger partial charge >= 0.3 is 0 Å². The number of rotatable bonds is 3. The number of amides is 1. The molecule has 4 rings (SSSR count). The van der Waals surface area contributed by atoms with E-state index in [9.17, 15) is 4.79 Å². The first-order valence-corrected chi connectivity index (χ1v) is 8.82. The van der Waals surface area contributed by atoms with Crippen molar-refractivity contribution in [2.24, 2.45) is 5.10 Å². The standard InChI is InChI=1S/C22H20N4O/c1-15-12-18(17(3)25(15)20-10-7-11-23-14-20)13-21-16(2)24-26(22(21)27)19-8-5-4-6-9-19/h4-14H,1-3H3/b21-13-. The van der Waals surface area contributed by atoms with Gasteiger partial charge in [-0.3, -0.25) is 9.78 Å². The molecule has 5 nitrogen and oxygen atoms in total. The highest BCUT2D eigenvalue weighted by atomic mass is 16.2. The van der Waals surface area contributed by atoms with Crippen molar-refractivity contribution in [2.75, 3.05) is 5.01 Å². The second-order valence-corrected chi connectivity index (χ2v) is 6.57. The lowest BCUT2D eigenvalue weighted by molar-refractivity contribution is -0.114. The first kappa shape index (κ1) is 17.0. The Morgan fingerprint density at radius 2 is 1.70 bits per heavy atom. The summed E-state index contributed by atoms with van der Waals surface area (Å²) in [6.45, 7) is 5.97. The first-order chi connectivity index (χ1) is 13.1. The topological polar surface area (TPSA) is 50.5 Å². The van der Waals surface area contributed by atoms with Gasteiger partial charge in [0.05, 0.1) is 28.9 Å². The lowest BCUT2D eigenvalue weighted by Gasteiger charge is -2.11. The van der Waals surface area contributed by atoms with E-state index >= 15 is 0 Å². The Kier molecular flexibility index (Phi) is 4.20. The van der Waals surface area contributed by atoms with Crippen LogP contribution in [-0.2, 0) is 4.79 Å². The van der Waals surface area contributed by atoms with E-state index in [0.29, 0.717) is 5.57 Å². The smallest absolute Gasteiger partial charge is 0.280 e. The summed E-state index contributed by atoms with van der Waals surface area (Å²) in [5.74, 6) is -0.107. The van der Waals surface area contributed by atoms with Crippen LogP contribution in [0.1, 0.15) is 23.9 Å². The SMILES string of the molecule is CC1=NN(c2ccccc2)C(=O)/C1=C\c1cc(C)n(-c2cccnc2)c1C. The number of pyridine rings is 1. The van der Waals surface area contributed by atoms with Crippen LogP contribution in [0.4, 0.5) is 5.69 Å². The van der Waals surface area contributed by atoms with E-state index in [1.807, 2.05) is 68.6 Å². The molecule has 134 valence electrons. The molecule has 0 atom stereocenters. The number of anilines is 1. The van der Waals surface area contributed by atoms with Gasteiger partial charge in [-0.15, -0.1) is 0 Å². The second kappa shape index (κ2) is 6.68. The Labute approximate surface area is 158 Å². The first-order valence-electron chi connectivity index (χ1n) is 8.82. The Hall–Kier alpha value is -3.47. The molecule has 0 unspecified atom stereocenters. The van der Waals surface area contributed by atoms with Crippen molar-refractivity contribution in [3.8, 4) is 5.69 Å². The summed E-state index contributed by atoms with van der Waals surface area (Å²) in [6, 6.07) is 15.5. The molecule has 0 bridgehead atoms. The third-order valence-electron chi connectivity index (χ3n) is 4.74. The van der Waals surface area contributed by atoms with Gasteiger partial charge in [-0.1, -0.05) is 18.2 Å². The lowest BCUT2D eigenvalue weighted by atomic mass is 10.1. The minimum Gasteiger partial charge on any atom is -0.316 e. The minimum absolute atomic E-state index is 0.107. The third kappa shape index (κ3) is 2.97. The number of aromatic nitrogens is 2. The molecule has 0 radical (unpaired) electrons. The van der Waals surface area contributed by atoms with Gasteiger partial charge in [0.15, 0.2) is 0 Å². The van der Waals surface area contributed by atoms with Gasteiger partial charge in [0.1, 0.15) is 0 Å². The normalized spacial score (nSPS) is 15.5. The van der Waals surface area contributed by atoms with E-state index in [1.54, 1.807) is 6.20 Å². The van der Waals surface area contributed by atoms with Crippen molar-refractivity contribution in [3.05, 3.63) is 83.4 Å². The summed E-state index contributed by atoms with van der Waals surface area (Å²) < 4.78 is 2.14. The summed E-state index contributed by atoms with van der Waals surface area (Å²) in [7, 11) is 0. The summed E-state index contributed by atoms with van der Waals surface area (Å²) in [4.78, 5) is 17.1. The highest BCUT2D eigenvalue weighted by Crippen LogP contribution is 2.27. The van der Waals surface area contributed by atoms with Gasteiger partial charge in [0.2, 0.25) is 0 Å². The number of carbonyl (C=O) groups excluding carboxylic acids is 1. The summed E-state index contributed by atoms with van der Waals surface area (Å²) in [6.07, 6.45) is 5.52. The fourth-order valence-electron chi connectivity index (χ4n) is 3.40. The fraction of sp³-hybridized carbons (Fsp3) is 0.136. The zero-order valence-electron chi connectivity index (χ0n) is 15.5. The van der Waals surface area contributed by atoms with E-state index in [1.165, 1.54) is 5.01 Å². The maximum Gasteiger partial charge on any atom is 0.280 e. The number of hydrazone groups is 1. The van der Waals surface area contributed by atoms with Crippen LogP contribution in [-0.4, -0.2) is 21.2 Å². The Balaban J connectivity index is 1.73. The van der Waals surface area contributed by atoms with Crippen LogP contribution < -0.4 is 5.01 Å². The van der Waals surface area contributed by atoms with Crippen LogP contribution in [0, 0.1) is 13.8 Å². The van der Waals surface area contributed by atoms with E-state index in [-0.39, 0.29) is 5.91 Å². The Morgan fingerprint density at radius 1 is 0.963 bits per heavy atom. The molecule has 27 heavy (non-hydrogen) atoms. The molecule has 1 amide bonds. The molecule has 2 aromatic heterocycles. The summed E-state index contributed by atoms with van der Waals surface area (Å²) in [5.41, 5.74) is 6.26. The van der Waals surface area contributed by atoms with Crippen LogP contribution in [0.3, 0.4) is 0 Å². The van der Waals surface area contributed by atoms with Crippen LogP contribution in [0.25, 0.3) is 11.8 Å². The number of nitrogens with zero attached hydrogens (tertiary/aromatic N) is 4. The van der Waals surface area contributed by atoms with Gasteiger partial charge in [-0.05, 0) is 62.7 Å². The molecule has 1 aromatic carbocycles. The Bertz CT molecular complexity index is 1060. The average molecular weight is 356 g/mol. The quantitative estimate of drug-likeness (QED) is 0.657. The molecular formula is C22H20N4O. The second-order valence-electron chi connectivity index (χ2n) is 6.57. The Morgan fingerprint density at radius 3 is 2.41 bits per heavy atom. The van der Waals surface area contributed by atoms with Crippen LogP contribution in [0.15, 0.2) is 71.6 Å². The number of benzene rings is 1. The van der Waals surface area contributed by atoms with Gasteiger partial charge in [-0.25, -0.2) is 0 Å². The predicted octanol–water partition coefficient (Wildman–Crippen LogP) is 4.30. The van der Waals surface area contributed by atoms with E-state index < -0.39 is 0 Å². The molecule has 0 saturated carbocycles. The molecule has 1 aliphatic rings. The number of carbonyl (C=O) groups is 1. The highest BCUT2D eigenvalue weighted by molar-refractivity contribution is 6.32. The van der Waals surface area contributed by atoms with Crippen molar-refractivity contribution in [1.29, 1.82) is 0 Å². The summed E-state index contributed by atoms with van der Waals surface area (Å²) in [5, 5.41) is 5.91. The van der Waals surface area contributed by atoms with Gasteiger partial charge in [0.25, 0.3) is 5.91 Å². The molecule has 3 aromatic rings. The van der Waals surface area contributed by atoms with Crippen LogP contribution >= 0.6 is 0 Å². The third-order valence-corrected chi connectivity index (χ3v) is 4.74. The van der Waals surface area contributed by atoms with E-state index in [2.05, 4.69) is 27.6 Å². The largest absolute Gasteiger partial charge is 0.316 e. The van der Waals surface area contributed by atoms with Crippen molar-refractivity contribution >= 4 is 23.4 Å². The number of hydrogen-bond donors (Lipinski definition) is 0. The maximum absolute atomic E-state index is 12.9. The molecule has 3 heterocycles. The molecule has 0 N–H and O–H groups in total. The molecule has 0 spiro atoms. The van der Waals surface area contributed by atoms with Crippen molar-refractivity contribution < 1.29 is 4.79 Å². The molecule has 1 aliphatic heterocycles. The average Bonchev–Trinajstić information content (AvgIpc) is 3.13. The number of para-hydroxylation sites is 1. The zero-order valence-corrected chi connectivity index (χ0v) is 15.5. The molecule has 0 aliphatic carbocycles. The molecule has 5 heteroatoms. The molecule has 0 fully saturated rings. The van der Waals surface area contributed by atoms with Crippen molar-refractivity contribution in [2.45, 2.75) is 20.8 Å². The summed E-state index contributed by atoms with van der Waals surface area (Å²) >= 11 is 0.